The Morgan fingerprint density at radius 1 is 1.08 bits per heavy atom. The van der Waals surface area contributed by atoms with Gasteiger partial charge in [0, 0.05) is 22.8 Å². The van der Waals surface area contributed by atoms with Gasteiger partial charge in [0.15, 0.2) is 0 Å². The van der Waals surface area contributed by atoms with Gasteiger partial charge in [-0.3, -0.25) is 4.79 Å². The molecule has 26 heavy (non-hydrogen) atoms. The van der Waals surface area contributed by atoms with E-state index in [-0.39, 0.29) is 10.8 Å². The summed E-state index contributed by atoms with van der Waals surface area (Å²) >= 11 is 6.05. The number of unbranched alkanes of at least 4 members (excludes halogenated alkanes) is 2. The quantitative estimate of drug-likeness (QED) is 0.653. The zero-order valence-corrected chi connectivity index (χ0v) is 16.5. The van der Waals surface area contributed by atoms with Crippen LogP contribution in [0.1, 0.15) is 42.1 Å². The van der Waals surface area contributed by atoms with Gasteiger partial charge in [-0.25, -0.2) is 13.1 Å². The second-order valence-electron chi connectivity index (χ2n) is 6.05. The van der Waals surface area contributed by atoms with Crippen LogP contribution in [0.15, 0.2) is 47.4 Å². The number of hydrogen-bond acceptors (Lipinski definition) is 3. The second kappa shape index (κ2) is 9.16. The van der Waals surface area contributed by atoms with Crippen molar-refractivity contribution in [1.82, 2.24) is 4.72 Å². The van der Waals surface area contributed by atoms with E-state index in [1.807, 2.05) is 13.0 Å². The zero-order chi connectivity index (χ0) is 19.2. The highest BCUT2D eigenvalue weighted by Gasteiger charge is 2.14. The molecule has 0 heterocycles. The van der Waals surface area contributed by atoms with E-state index in [9.17, 15) is 13.2 Å². The minimum Gasteiger partial charge on any atom is -0.322 e. The summed E-state index contributed by atoms with van der Waals surface area (Å²) in [5.74, 6) is -0.329. The van der Waals surface area contributed by atoms with Crippen molar-refractivity contribution in [2.45, 2.75) is 38.0 Å². The molecule has 2 rings (SSSR count). The Morgan fingerprint density at radius 2 is 1.77 bits per heavy atom. The van der Waals surface area contributed by atoms with Crippen molar-refractivity contribution >= 4 is 33.2 Å². The number of rotatable bonds is 8. The van der Waals surface area contributed by atoms with E-state index in [0.717, 1.165) is 24.8 Å². The van der Waals surface area contributed by atoms with E-state index >= 15 is 0 Å². The first-order valence-corrected chi connectivity index (χ1v) is 10.4. The van der Waals surface area contributed by atoms with Crippen molar-refractivity contribution in [2.24, 2.45) is 0 Å². The predicted molar refractivity (Wildman–Crippen MR) is 105 cm³/mol. The molecule has 5 nitrogen and oxygen atoms in total. The number of sulfonamides is 1. The molecule has 1 amide bonds. The number of benzene rings is 2. The molecule has 140 valence electrons. The van der Waals surface area contributed by atoms with Crippen LogP contribution in [0.4, 0.5) is 5.69 Å². The molecule has 0 aliphatic carbocycles. The molecular weight excluding hydrogens is 372 g/mol. The van der Waals surface area contributed by atoms with Crippen LogP contribution in [0, 0.1) is 6.92 Å². The van der Waals surface area contributed by atoms with Gasteiger partial charge in [-0.05, 0) is 55.3 Å². The van der Waals surface area contributed by atoms with Crippen LogP contribution in [0.25, 0.3) is 0 Å². The molecular formula is C19H23ClN2O3S. The van der Waals surface area contributed by atoms with Crippen LogP contribution in [0.5, 0.6) is 0 Å². The van der Waals surface area contributed by atoms with E-state index in [1.54, 1.807) is 12.1 Å². The molecule has 0 unspecified atom stereocenters. The van der Waals surface area contributed by atoms with Gasteiger partial charge in [-0.2, -0.15) is 0 Å². The molecule has 0 saturated carbocycles. The Labute approximate surface area is 159 Å². The fourth-order valence-corrected chi connectivity index (χ4v) is 3.58. The fourth-order valence-electron chi connectivity index (χ4n) is 2.32. The summed E-state index contributed by atoms with van der Waals surface area (Å²) in [5, 5.41) is 3.31. The largest absolute Gasteiger partial charge is 0.322 e. The molecule has 0 radical (unpaired) electrons. The average Bonchev–Trinajstić information content (AvgIpc) is 2.62. The lowest BCUT2D eigenvalue weighted by atomic mass is 10.2. The highest BCUT2D eigenvalue weighted by Crippen LogP contribution is 2.20. The van der Waals surface area contributed by atoms with Crippen LogP contribution < -0.4 is 10.0 Å². The van der Waals surface area contributed by atoms with Crippen LogP contribution in [0.3, 0.4) is 0 Å². The molecule has 0 atom stereocenters. The first-order valence-electron chi connectivity index (χ1n) is 8.50. The zero-order valence-electron chi connectivity index (χ0n) is 14.9. The van der Waals surface area contributed by atoms with Gasteiger partial charge < -0.3 is 5.32 Å². The summed E-state index contributed by atoms with van der Waals surface area (Å²) in [6.45, 7) is 4.35. The summed E-state index contributed by atoms with van der Waals surface area (Å²) in [4.78, 5) is 12.4. The average molecular weight is 395 g/mol. The Hall–Kier alpha value is -1.89. The monoisotopic (exact) mass is 394 g/mol. The maximum absolute atomic E-state index is 12.3. The van der Waals surface area contributed by atoms with Crippen LogP contribution >= 0.6 is 11.6 Å². The van der Waals surface area contributed by atoms with E-state index in [1.165, 1.54) is 24.3 Å². The molecule has 0 bridgehead atoms. The van der Waals surface area contributed by atoms with E-state index in [0.29, 0.717) is 22.8 Å². The molecule has 7 heteroatoms. The molecule has 0 fully saturated rings. The summed E-state index contributed by atoms with van der Waals surface area (Å²) < 4.78 is 27.0. The van der Waals surface area contributed by atoms with Gasteiger partial charge in [-0.15, -0.1) is 0 Å². The van der Waals surface area contributed by atoms with Crippen molar-refractivity contribution in [3.05, 3.63) is 58.6 Å². The number of aryl methyl sites for hydroxylation is 1. The molecule has 0 aliphatic rings. The maximum Gasteiger partial charge on any atom is 0.255 e. The van der Waals surface area contributed by atoms with Crippen molar-refractivity contribution in [3.63, 3.8) is 0 Å². The second-order valence-corrected chi connectivity index (χ2v) is 8.22. The molecule has 2 aromatic carbocycles. The Balaban J connectivity index is 2.03. The third-order valence-electron chi connectivity index (χ3n) is 3.93. The fraction of sp³-hybridized carbons (Fsp3) is 0.316. The molecule has 0 aromatic heterocycles. The highest BCUT2D eigenvalue weighted by atomic mass is 35.5. The summed E-state index contributed by atoms with van der Waals surface area (Å²) in [7, 11) is -3.55. The molecule has 0 aliphatic heterocycles. The van der Waals surface area contributed by atoms with E-state index < -0.39 is 10.0 Å². The predicted octanol–water partition coefficient (Wildman–Crippen LogP) is 4.37. The van der Waals surface area contributed by atoms with Crippen molar-refractivity contribution in [2.75, 3.05) is 11.9 Å². The van der Waals surface area contributed by atoms with Crippen LogP contribution in [-0.4, -0.2) is 20.9 Å². The van der Waals surface area contributed by atoms with Gasteiger partial charge in [0.2, 0.25) is 10.0 Å². The van der Waals surface area contributed by atoms with Gasteiger partial charge in [0.05, 0.1) is 4.90 Å². The SMILES string of the molecule is CCCCCNS(=O)(=O)c1ccc(C(=O)Nc2ccc(C)c(Cl)c2)cc1. The van der Waals surface area contributed by atoms with Crippen LogP contribution in [0.2, 0.25) is 5.02 Å². The Morgan fingerprint density at radius 3 is 2.38 bits per heavy atom. The third-order valence-corrected chi connectivity index (χ3v) is 5.81. The van der Waals surface area contributed by atoms with Gasteiger partial charge >= 0.3 is 0 Å². The number of carbonyl (C=O) groups excluding carboxylic acids is 1. The van der Waals surface area contributed by atoms with Crippen molar-refractivity contribution in [3.8, 4) is 0 Å². The lowest BCUT2D eigenvalue weighted by Crippen LogP contribution is -2.24. The summed E-state index contributed by atoms with van der Waals surface area (Å²) in [5.41, 5.74) is 1.87. The van der Waals surface area contributed by atoms with Gasteiger partial charge in [-0.1, -0.05) is 37.4 Å². The minimum absolute atomic E-state index is 0.143. The maximum atomic E-state index is 12.3. The molecule has 2 aromatic rings. The topological polar surface area (TPSA) is 75.3 Å². The first-order chi connectivity index (χ1) is 12.3. The lowest BCUT2D eigenvalue weighted by molar-refractivity contribution is 0.102. The first kappa shape index (κ1) is 20.4. The summed E-state index contributed by atoms with van der Waals surface area (Å²) in [6.07, 6.45) is 2.80. The Kier molecular flexibility index (Phi) is 7.20. The van der Waals surface area contributed by atoms with Gasteiger partial charge in [0.1, 0.15) is 0 Å². The number of amides is 1. The van der Waals surface area contributed by atoms with Crippen molar-refractivity contribution in [1.29, 1.82) is 0 Å². The number of nitrogens with one attached hydrogen (secondary N) is 2. The Bertz CT molecular complexity index is 865. The smallest absolute Gasteiger partial charge is 0.255 e. The lowest BCUT2D eigenvalue weighted by Gasteiger charge is -2.09. The molecule has 2 N–H and O–H groups in total. The molecule has 0 spiro atoms. The third kappa shape index (κ3) is 5.56. The highest BCUT2D eigenvalue weighted by molar-refractivity contribution is 7.89. The molecule has 0 saturated heterocycles. The minimum atomic E-state index is -3.55. The van der Waals surface area contributed by atoms with Gasteiger partial charge in [0.25, 0.3) is 5.91 Å². The standard InChI is InChI=1S/C19H23ClN2O3S/c1-3-4-5-12-21-26(24,25)17-10-7-15(8-11-17)19(23)22-16-9-6-14(2)18(20)13-16/h6-11,13,21H,3-5,12H2,1-2H3,(H,22,23). The number of carbonyl (C=O) groups is 1. The number of halogens is 1. The van der Waals surface area contributed by atoms with E-state index in [4.69, 9.17) is 11.6 Å². The van der Waals surface area contributed by atoms with Crippen molar-refractivity contribution < 1.29 is 13.2 Å². The van der Waals surface area contributed by atoms with Crippen LogP contribution in [-0.2, 0) is 10.0 Å². The van der Waals surface area contributed by atoms with E-state index in [2.05, 4.69) is 17.0 Å². The normalized spacial score (nSPS) is 11.3. The number of hydrogen-bond donors (Lipinski definition) is 2. The number of anilines is 1. The summed E-state index contributed by atoms with van der Waals surface area (Å²) in [6, 6.07) is 11.1.